The molecule has 2 N–H and O–H groups in total. The smallest absolute Gasteiger partial charge is 0.201 e. The molecule has 0 unspecified atom stereocenters. The lowest BCUT2D eigenvalue weighted by molar-refractivity contribution is 0.853. The number of fused-ring (bicyclic) bond motifs is 1. The van der Waals surface area contributed by atoms with E-state index >= 15 is 0 Å². The normalized spacial score (nSPS) is 11.3. The standard InChI is InChI=1S/C14H14ClN3S/c1-2-9-6-7-10(19-9)8-18-13-11(15)4-3-5-12(13)17-14(18)16/h3-7H,2,8H2,1H3,(H2,16,17). The first-order valence-corrected chi connectivity index (χ1v) is 7.36. The molecule has 0 aliphatic carbocycles. The Kier molecular flexibility index (Phi) is 3.21. The molecule has 2 heterocycles. The van der Waals surface area contributed by atoms with Crippen LogP contribution in [0.5, 0.6) is 0 Å². The average Bonchev–Trinajstić information content (AvgIpc) is 2.96. The van der Waals surface area contributed by atoms with Crippen LogP contribution in [0.2, 0.25) is 5.02 Å². The number of nitrogens with zero attached hydrogens (tertiary/aromatic N) is 2. The Morgan fingerprint density at radius 2 is 2.05 bits per heavy atom. The fraction of sp³-hybridized carbons (Fsp3) is 0.214. The van der Waals surface area contributed by atoms with Crippen molar-refractivity contribution < 1.29 is 0 Å². The highest BCUT2D eigenvalue weighted by atomic mass is 35.5. The summed E-state index contributed by atoms with van der Waals surface area (Å²) in [5.41, 5.74) is 7.76. The number of halogens is 1. The third-order valence-electron chi connectivity index (χ3n) is 3.13. The maximum atomic E-state index is 6.26. The Labute approximate surface area is 120 Å². The number of nitrogen functional groups attached to an aromatic ring is 1. The first-order valence-electron chi connectivity index (χ1n) is 6.17. The van der Waals surface area contributed by atoms with Crippen molar-refractivity contribution in [3.05, 3.63) is 45.1 Å². The molecule has 0 saturated carbocycles. The second kappa shape index (κ2) is 4.87. The van der Waals surface area contributed by atoms with E-state index in [-0.39, 0.29) is 0 Å². The minimum absolute atomic E-state index is 0.509. The van der Waals surface area contributed by atoms with Gasteiger partial charge in [0.1, 0.15) is 0 Å². The zero-order valence-electron chi connectivity index (χ0n) is 10.6. The number of anilines is 1. The van der Waals surface area contributed by atoms with Gasteiger partial charge in [-0.3, -0.25) is 0 Å². The number of imidazole rings is 1. The quantitative estimate of drug-likeness (QED) is 0.794. The highest BCUT2D eigenvalue weighted by Crippen LogP contribution is 2.28. The first kappa shape index (κ1) is 12.5. The second-order valence-electron chi connectivity index (χ2n) is 4.39. The predicted molar refractivity (Wildman–Crippen MR) is 82.0 cm³/mol. The van der Waals surface area contributed by atoms with Crippen molar-refractivity contribution in [2.24, 2.45) is 0 Å². The molecule has 1 aromatic carbocycles. The molecular formula is C14H14ClN3S. The minimum Gasteiger partial charge on any atom is -0.369 e. The number of aromatic nitrogens is 2. The van der Waals surface area contributed by atoms with Crippen molar-refractivity contribution in [2.75, 3.05) is 5.73 Å². The van der Waals surface area contributed by atoms with E-state index in [4.69, 9.17) is 17.3 Å². The highest BCUT2D eigenvalue weighted by molar-refractivity contribution is 7.11. The van der Waals surface area contributed by atoms with Crippen LogP contribution in [-0.4, -0.2) is 9.55 Å². The largest absolute Gasteiger partial charge is 0.369 e. The third kappa shape index (κ3) is 2.22. The molecule has 0 radical (unpaired) electrons. The minimum atomic E-state index is 0.509. The molecule has 19 heavy (non-hydrogen) atoms. The number of aryl methyl sites for hydroxylation is 1. The molecule has 0 spiro atoms. The van der Waals surface area contributed by atoms with E-state index in [0.717, 1.165) is 24.0 Å². The van der Waals surface area contributed by atoms with E-state index in [0.29, 0.717) is 11.0 Å². The van der Waals surface area contributed by atoms with Crippen molar-refractivity contribution >= 4 is 39.9 Å². The monoisotopic (exact) mass is 291 g/mol. The molecular weight excluding hydrogens is 278 g/mol. The number of nitrogens with two attached hydrogens (primary N) is 1. The van der Waals surface area contributed by atoms with E-state index in [2.05, 4.69) is 24.0 Å². The molecule has 0 aliphatic heterocycles. The number of hydrogen-bond acceptors (Lipinski definition) is 3. The van der Waals surface area contributed by atoms with Gasteiger partial charge in [-0.15, -0.1) is 11.3 Å². The Hall–Kier alpha value is -1.52. The van der Waals surface area contributed by atoms with Crippen LogP contribution in [0.25, 0.3) is 11.0 Å². The van der Waals surface area contributed by atoms with Crippen molar-refractivity contribution in [1.82, 2.24) is 9.55 Å². The lowest BCUT2D eigenvalue weighted by Gasteiger charge is -2.05. The molecule has 0 aliphatic rings. The van der Waals surface area contributed by atoms with Crippen LogP contribution in [0, 0.1) is 0 Å². The number of hydrogen-bond donors (Lipinski definition) is 1. The molecule has 3 aromatic rings. The topological polar surface area (TPSA) is 43.8 Å². The van der Waals surface area contributed by atoms with E-state index < -0.39 is 0 Å². The molecule has 2 aromatic heterocycles. The Morgan fingerprint density at radius 3 is 2.79 bits per heavy atom. The van der Waals surface area contributed by atoms with Gasteiger partial charge < -0.3 is 10.3 Å². The van der Waals surface area contributed by atoms with Gasteiger partial charge >= 0.3 is 0 Å². The van der Waals surface area contributed by atoms with E-state index in [9.17, 15) is 0 Å². The fourth-order valence-electron chi connectivity index (χ4n) is 2.17. The fourth-order valence-corrected chi connectivity index (χ4v) is 3.39. The maximum absolute atomic E-state index is 6.26. The first-order chi connectivity index (χ1) is 9.19. The third-order valence-corrected chi connectivity index (χ3v) is 4.65. The summed E-state index contributed by atoms with van der Waals surface area (Å²) < 4.78 is 1.98. The average molecular weight is 292 g/mol. The van der Waals surface area contributed by atoms with Crippen LogP contribution >= 0.6 is 22.9 Å². The molecule has 0 fully saturated rings. The summed E-state index contributed by atoms with van der Waals surface area (Å²) in [6.45, 7) is 2.88. The van der Waals surface area contributed by atoms with E-state index in [1.165, 1.54) is 9.75 Å². The number of thiophene rings is 1. The zero-order chi connectivity index (χ0) is 13.4. The highest BCUT2D eigenvalue weighted by Gasteiger charge is 2.12. The summed E-state index contributed by atoms with van der Waals surface area (Å²) in [6.07, 6.45) is 1.06. The number of para-hydroxylation sites is 1. The SMILES string of the molecule is CCc1ccc(Cn2c(N)nc3cccc(Cl)c32)s1. The second-order valence-corrected chi connectivity index (χ2v) is 6.05. The van der Waals surface area contributed by atoms with Gasteiger partial charge in [0.25, 0.3) is 0 Å². The van der Waals surface area contributed by atoms with Crippen LogP contribution in [0.1, 0.15) is 16.7 Å². The van der Waals surface area contributed by atoms with Gasteiger partial charge in [-0.1, -0.05) is 24.6 Å². The molecule has 5 heteroatoms. The van der Waals surface area contributed by atoms with Gasteiger partial charge in [-0.05, 0) is 30.7 Å². The number of benzene rings is 1. The van der Waals surface area contributed by atoms with E-state index in [1.54, 1.807) is 11.3 Å². The van der Waals surface area contributed by atoms with Gasteiger partial charge in [-0.2, -0.15) is 0 Å². The molecule has 0 amide bonds. The molecule has 0 bridgehead atoms. The van der Waals surface area contributed by atoms with Gasteiger partial charge in [0.15, 0.2) is 0 Å². The summed E-state index contributed by atoms with van der Waals surface area (Å²) in [5.74, 6) is 0.509. The maximum Gasteiger partial charge on any atom is 0.201 e. The Bertz CT molecular complexity index is 729. The van der Waals surface area contributed by atoms with Gasteiger partial charge in [0.2, 0.25) is 5.95 Å². The van der Waals surface area contributed by atoms with Crippen LogP contribution in [0.4, 0.5) is 5.95 Å². The van der Waals surface area contributed by atoms with Crippen LogP contribution < -0.4 is 5.73 Å². The van der Waals surface area contributed by atoms with Gasteiger partial charge in [0.05, 0.1) is 22.6 Å². The molecule has 3 rings (SSSR count). The Balaban J connectivity index is 2.07. The van der Waals surface area contributed by atoms with Gasteiger partial charge in [0, 0.05) is 9.75 Å². The lowest BCUT2D eigenvalue weighted by atomic mass is 10.3. The van der Waals surface area contributed by atoms with Crippen LogP contribution in [0.15, 0.2) is 30.3 Å². The zero-order valence-corrected chi connectivity index (χ0v) is 12.1. The summed E-state index contributed by atoms with van der Waals surface area (Å²) >= 11 is 8.07. The van der Waals surface area contributed by atoms with Crippen molar-refractivity contribution in [3.8, 4) is 0 Å². The summed E-state index contributed by atoms with van der Waals surface area (Å²) in [5, 5.41) is 0.689. The molecule has 0 atom stereocenters. The van der Waals surface area contributed by atoms with Crippen LogP contribution in [-0.2, 0) is 13.0 Å². The van der Waals surface area contributed by atoms with Crippen molar-refractivity contribution in [1.29, 1.82) is 0 Å². The molecule has 98 valence electrons. The molecule has 3 nitrogen and oxygen atoms in total. The summed E-state index contributed by atoms with van der Waals surface area (Å²) in [4.78, 5) is 7.00. The van der Waals surface area contributed by atoms with Gasteiger partial charge in [-0.25, -0.2) is 4.98 Å². The van der Waals surface area contributed by atoms with Crippen molar-refractivity contribution in [3.63, 3.8) is 0 Å². The van der Waals surface area contributed by atoms with E-state index in [1.807, 2.05) is 22.8 Å². The van der Waals surface area contributed by atoms with Crippen LogP contribution in [0.3, 0.4) is 0 Å². The summed E-state index contributed by atoms with van der Waals surface area (Å²) in [6, 6.07) is 10.00. The predicted octanol–water partition coefficient (Wildman–Crippen LogP) is 3.94. The number of rotatable bonds is 3. The lowest BCUT2D eigenvalue weighted by Crippen LogP contribution is -2.03. The summed E-state index contributed by atoms with van der Waals surface area (Å²) in [7, 11) is 0. The Morgan fingerprint density at radius 1 is 1.26 bits per heavy atom. The van der Waals surface area contributed by atoms with Crippen molar-refractivity contribution in [2.45, 2.75) is 19.9 Å². The molecule has 0 saturated heterocycles.